The van der Waals surface area contributed by atoms with Gasteiger partial charge in [-0.05, 0) is 103 Å². The van der Waals surface area contributed by atoms with Crippen LogP contribution in [0.25, 0.3) is 0 Å². The molecule has 0 rings (SSSR count). The average Bonchev–Trinajstić information content (AvgIpc) is 3.28. The first-order chi connectivity index (χ1) is 31.0. The Morgan fingerprint density at radius 2 is 0.651 bits per heavy atom. The van der Waals surface area contributed by atoms with E-state index in [0.717, 1.165) is 148 Å². The highest BCUT2D eigenvalue weighted by atomic mass is 16.6. The summed E-state index contributed by atoms with van der Waals surface area (Å²) < 4.78 is 16.7. The van der Waals surface area contributed by atoms with Crippen LogP contribution < -0.4 is 0 Å². The molecule has 352 valence electrons. The van der Waals surface area contributed by atoms with Crippen molar-refractivity contribution >= 4 is 17.9 Å². The van der Waals surface area contributed by atoms with Crippen LogP contribution in [0, 0.1) is 0 Å². The highest BCUT2D eigenvalue weighted by Gasteiger charge is 2.19. The van der Waals surface area contributed by atoms with E-state index < -0.39 is 6.10 Å². The summed E-state index contributed by atoms with van der Waals surface area (Å²) in [7, 11) is 0. The lowest BCUT2D eigenvalue weighted by molar-refractivity contribution is -0.167. The molecule has 6 nitrogen and oxygen atoms in total. The van der Waals surface area contributed by atoms with Gasteiger partial charge in [0, 0.05) is 19.3 Å². The molecule has 6 heteroatoms. The minimum atomic E-state index is -0.815. The van der Waals surface area contributed by atoms with Crippen molar-refractivity contribution < 1.29 is 28.6 Å². The van der Waals surface area contributed by atoms with Crippen molar-refractivity contribution in [1.29, 1.82) is 0 Å². The number of ether oxygens (including phenoxy) is 3. The normalized spacial score (nSPS) is 13.3. The van der Waals surface area contributed by atoms with Gasteiger partial charge in [-0.2, -0.15) is 0 Å². The Morgan fingerprint density at radius 3 is 1.08 bits per heavy atom. The van der Waals surface area contributed by atoms with Gasteiger partial charge in [-0.25, -0.2) is 0 Å². The van der Waals surface area contributed by atoms with E-state index in [-0.39, 0.29) is 37.5 Å². The molecule has 1 unspecified atom stereocenters. The molecule has 0 radical (unpaired) electrons. The molecule has 0 spiro atoms. The quantitative estimate of drug-likeness (QED) is 0.0200. The van der Waals surface area contributed by atoms with Crippen LogP contribution >= 0.6 is 0 Å². The molecule has 0 aliphatic carbocycles. The van der Waals surface area contributed by atoms with Gasteiger partial charge in [0.15, 0.2) is 6.10 Å². The van der Waals surface area contributed by atoms with Gasteiger partial charge >= 0.3 is 17.9 Å². The van der Waals surface area contributed by atoms with Crippen molar-refractivity contribution in [3.8, 4) is 0 Å². The zero-order valence-electron chi connectivity index (χ0n) is 40.0. The number of hydrogen-bond acceptors (Lipinski definition) is 6. The predicted molar refractivity (Wildman–Crippen MR) is 269 cm³/mol. The number of carbonyl (C=O) groups is 3. The third-order valence-electron chi connectivity index (χ3n) is 9.75. The van der Waals surface area contributed by atoms with Crippen molar-refractivity contribution in [2.24, 2.45) is 0 Å². The minimum absolute atomic E-state index is 0.113. The third kappa shape index (κ3) is 48.4. The maximum absolute atomic E-state index is 12.8. The second-order valence-electron chi connectivity index (χ2n) is 15.7. The lowest BCUT2D eigenvalue weighted by Gasteiger charge is -2.18. The lowest BCUT2D eigenvalue weighted by atomic mass is 10.1. The lowest BCUT2D eigenvalue weighted by Crippen LogP contribution is -2.30. The van der Waals surface area contributed by atoms with Gasteiger partial charge in [-0.15, -0.1) is 0 Å². The first-order valence-electron chi connectivity index (χ1n) is 24.8. The fraction of sp³-hybridized carbons (Fsp3) is 0.561. The molecule has 0 bridgehead atoms. The van der Waals surface area contributed by atoms with Gasteiger partial charge in [-0.1, -0.05) is 199 Å². The van der Waals surface area contributed by atoms with E-state index in [4.69, 9.17) is 14.2 Å². The standard InChI is InChI=1S/C57H88O6/c1-4-7-10-13-16-19-22-25-26-27-28-29-30-33-35-38-41-44-47-50-56(59)62-53-54(63-57(60)51-48-45-42-39-36-32-24-21-18-15-12-9-6-3)52-61-55(58)49-46-43-40-37-34-31-23-20-17-14-11-8-5-2/h7-12,14-21,23-26,28-29,33,35,54H,4-6,13,22,27,30-32,34,36-53H2,1-3H3/b10-7+,11-8+,12-9+,17-14+,18-15+,19-16+,23-20+,24-21+,26-25+,29-28+,35-33+. The summed E-state index contributed by atoms with van der Waals surface area (Å²) in [5, 5.41) is 0. The van der Waals surface area contributed by atoms with Crippen LogP contribution in [0.4, 0.5) is 0 Å². The van der Waals surface area contributed by atoms with Gasteiger partial charge in [0.2, 0.25) is 0 Å². The number of carbonyl (C=O) groups excluding carboxylic acids is 3. The van der Waals surface area contributed by atoms with E-state index in [9.17, 15) is 14.4 Å². The molecular weight excluding hydrogens is 781 g/mol. The van der Waals surface area contributed by atoms with Crippen LogP contribution in [0.2, 0.25) is 0 Å². The van der Waals surface area contributed by atoms with Crippen molar-refractivity contribution in [3.05, 3.63) is 134 Å². The second-order valence-corrected chi connectivity index (χ2v) is 15.7. The van der Waals surface area contributed by atoms with Crippen LogP contribution in [0.15, 0.2) is 134 Å². The number of hydrogen-bond donors (Lipinski definition) is 0. The molecule has 0 aliphatic rings. The van der Waals surface area contributed by atoms with E-state index >= 15 is 0 Å². The highest BCUT2D eigenvalue weighted by Crippen LogP contribution is 2.12. The first-order valence-corrected chi connectivity index (χ1v) is 24.8. The van der Waals surface area contributed by atoms with Crippen molar-refractivity contribution in [2.75, 3.05) is 13.2 Å². The van der Waals surface area contributed by atoms with Gasteiger partial charge < -0.3 is 14.2 Å². The predicted octanol–water partition coefficient (Wildman–Crippen LogP) is 16.3. The molecule has 0 aromatic heterocycles. The second kappa shape index (κ2) is 50.2. The minimum Gasteiger partial charge on any atom is -0.462 e. The SMILES string of the molecule is CC/C=C/C=C/C=C/CCCCCCCC(=O)OCC(COC(=O)CCCCC/C=C/C/C=C/C/C=C/C/C=C/C/C=C/CC)OC(=O)CCCCCCC/C=C/C=C/C=C/CC. The summed E-state index contributed by atoms with van der Waals surface area (Å²) >= 11 is 0. The maximum atomic E-state index is 12.8. The van der Waals surface area contributed by atoms with Crippen molar-refractivity contribution in [1.82, 2.24) is 0 Å². The average molecular weight is 869 g/mol. The van der Waals surface area contributed by atoms with Crippen LogP contribution in [-0.2, 0) is 28.6 Å². The Labute approximate surface area is 385 Å². The van der Waals surface area contributed by atoms with Gasteiger partial charge in [-0.3, -0.25) is 14.4 Å². The molecule has 0 amide bonds. The summed E-state index contributed by atoms with van der Waals surface area (Å²) in [5.74, 6) is -0.998. The van der Waals surface area contributed by atoms with Gasteiger partial charge in [0.05, 0.1) is 0 Å². The molecule has 0 heterocycles. The number of rotatable bonds is 42. The zero-order chi connectivity index (χ0) is 45.8. The Morgan fingerprint density at radius 1 is 0.333 bits per heavy atom. The summed E-state index contributed by atoms with van der Waals surface area (Å²) in [4.78, 5) is 37.9. The molecular formula is C57H88O6. The van der Waals surface area contributed by atoms with E-state index in [2.05, 4.69) is 142 Å². The Hall–Kier alpha value is -4.45. The van der Waals surface area contributed by atoms with E-state index in [1.165, 1.54) is 0 Å². The van der Waals surface area contributed by atoms with E-state index in [0.29, 0.717) is 12.8 Å². The molecule has 0 fully saturated rings. The Balaban J connectivity index is 4.52. The Bertz CT molecular complexity index is 1420. The summed E-state index contributed by atoms with van der Waals surface area (Å²) in [6.07, 6.45) is 70.0. The van der Waals surface area contributed by atoms with Gasteiger partial charge in [0.25, 0.3) is 0 Å². The number of esters is 3. The van der Waals surface area contributed by atoms with E-state index in [1.807, 2.05) is 12.2 Å². The smallest absolute Gasteiger partial charge is 0.306 e. The zero-order valence-corrected chi connectivity index (χ0v) is 40.0. The number of unbranched alkanes of at least 4 members (excludes halogenated alkanes) is 13. The van der Waals surface area contributed by atoms with Gasteiger partial charge in [0.1, 0.15) is 13.2 Å². The monoisotopic (exact) mass is 869 g/mol. The van der Waals surface area contributed by atoms with Crippen LogP contribution in [0.1, 0.15) is 188 Å². The molecule has 1 atom stereocenters. The van der Waals surface area contributed by atoms with E-state index in [1.54, 1.807) is 0 Å². The third-order valence-corrected chi connectivity index (χ3v) is 9.75. The molecule has 0 saturated carbocycles. The summed E-state index contributed by atoms with van der Waals surface area (Å²) in [5.41, 5.74) is 0. The Kier molecular flexibility index (Phi) is 46.7. The van der Waals surface area contributed by atoms with Crippen molar-refractivity contribution in [2.45, 2.75) is 194 Å². The fourth-order valence-corrected chi connectivity index (χ4v) is 6.11. The number of allylic oxidation sites excluding steroid dienone is 22. The molecule has 0 aromatic carbocycles. The largest absolute Gasteiger partial charge is 0.462 e. The van der Waals surface area contributed by atoms with Crippen LogP contribution in [-0.4, -0.2) is 37.2 Å². The highest BCUT2D eigenvalue weighted by molar-refractivity contribution is 5.71. The molecule has 0 aromatic rings. The van der Waals surface area contributed by atoms with Crippen LogP contribution in [0.5, 0.6) is 0 Å². The fourth-order valence-electron chi connectivity index (χ4n) is 6.11. The molecule has 63 heavy (non-hydrogen) atoms. The maximum Gasteiger partial charge on any atom is 0.306 e. The summed E-state index contributed by atoms with van der Waals surface area (Å²) in [6, 6.07) is 0. The molecule has 0 N–H and O–H groups in total. The first kappa shape index (κ1) is 58.6. The molecule has 0 aliphatic heterocycles. The van der Waals surface area contributed by atoms with Crippen molar-refractivity contribution in [3.63, 3.8) is 0 Å². The topological polar surface area (TPSA) is 78.9 Å². The molecule has 0 saturated heterocycles. The van der Waals surface area contributed by atoms with Crippen LogP contribution in [0.3, 0.4) is 0 Å². The summed E-state index contributed by atoms with van der Waals surface area (Å²) in [6.45, 7) is 6.16.